The van der Waals surface area contributed by atoms with Gasteiger partial charge in [-0.3, -0.25) is 0 Å². The fourth-order valence-corrected chi connectivity index (χ4v) is 1.23. The minimum Gasteiger partial charge on any atom is -0.490 e. The summed E-state index contributed by atoms with van der Waals surface area (Å²) in [6.07, 6.45) is -4.88. The molecule has 1 aromatic rings. The summed E-state index contributed by atoms with van der Waals surface area (Å²) in [6, 6.07) is 2.39. The smallest absolute Gasteiger partial charge is 0.416 e. The molecule has 0 spiro atoms. The predicted molar refractivity (Wildman–Crippen MR) is 54.2 cm³/mol. The molecule has 0 bridgehead atoms. The number of carboxylic acid groups (broad SMARTS) is 1. The second-order valence-electron chi connectivity index (χ2n) is 3.68. The van der Waals surface area contributed by atoms with E-state index in [-0.39, 0.29) is 11.9 Å². The molecular weight excluding hydrogens is 237 g/mol. The second kappa shape index (κ2) is 4.65. The third kappa shape index (κ3) is 3.37. The van der Waals surface area contributed by atoms with Crippen LogP contribution in [0.2, 0.25) is 0 Å². The zero-order valence-electron chi connectivity index (χ0n) is 9.21. The van der Waals surface area contributed by atoms with Crippen LogP contribution in [0.5, 0.6) is 5.75 Å². The van der Waals surface area contributed by atoms with Gasteiger partial charge >= 0.3 is 12.1 Å². The average Bonchev–Trinajstić information content (AvgIpc) is 2.15. The Kier molecular flexibility index (Phi) is 3.65. The molecule has 0 radical (unpaired) electrons. The number of carbonyl (C=O) groups is 1. The average molecular weight is 248 g/mol. The van der Waals surface area contributed by atoms with Crippen molar-refractivity contribution < 1.29 is 27.8 Å². The highest BCUT2D eigenvalue weighted by molar-refractivity contribution is 5.91. The van der Waals surface area contributed by atoms with Crippen LogP contribution < -0.4 is 4.74 Å². The lowest BCUT2D eigenvalue weighted by Gasteiger charge is -2.14. The van der Waals surface area contributed by atoms with Crippen molar-refractivity contribution in [1.29, 1.82) is 0 Å². The highest BCUT2D eigenvalue weighted by atomic mass is 19.4. The summed E-state index contributed by atoms with van der Waals surface area (Å²) in [7, 11) is 0. The minimum absolute atomic E-state index is 0.0690. The first-order valence-electron chi connectivity index (χ1n) is 4.83. The highest BCUT2D eigenvalue weighted by Crippen LogP contribution is 2.32. The first kappa shape index (κ1) is 13.3. The standard InChI is InChI=1S/C11H11F3O3/c1-6(2)17-9-4-3-7(11(12,13)14)5-8(9)10(15)16/h3-6H,1-2H3,(H,15,16). The molecule has 3 nitrogen and oxygen atoms in total. The molecule has 17 heavy (non-hydrogen) atoms. The van der Waals surface area contributed by atoms with Crippen molar-refractivity contribution in [3.8, 4) is 5.75 Å². The van der Waals surface area contributed by atoms with Crippen LogP contribution in [0, 0.1) is 0 Å². The van der Waals surface area contributed by atoms with Crippen molar-refractivity contribution in [1.82, 2.24) is 0 Å². The SMILES string of the molecule is CC(C)Oc1ccc(C(F)(F)F)cc1C(=O)O. The van der Waals surface area contributed by atoms with Crippen LogP contribution in [0.3, 0.4) is 0 Å². The van der Waals surface area contributed by atoms with E-state index < -0.39 is 23.3 Å². The molecule has 1 aromatic carbocycles. The van der Waals surface area contributed by atoms with Gasteiger partial charge in [0.2, 0.25) is 0 Å². The van der Waals surface area contributed by atoms with E-state index in [0.29, 0.717) is 6.07 Å². The van der Waals surface area contributed by atoms with E-state index in [1.807, 2.05) is 0 Å². The fourth-order valence-electron chi connectivity index (χ4n) is 1.23. The van der Waals surface area contributed by atoms with Gasteiger partial charge in [0.1, 0.15) is 11.3 Å². The van der Waals surface area contributed by atoms with Crippen molar-refractivity contribution in [2.75, 3.05) is 0 Å². The lowest BCUT2D eigenvalue weighted by atomic mass is 10.1. The monoisotopic (exact) mass is 248 g/mol. The largest absolute Gasteiger partial charge is 0.490 e. The number of aromatic carboxylic acids is 1. The molecule has 0 amide bonds. The van der Waals surface area contributed by atoms with Gasteiger partial charge in [-0.1, -0.05) is 0 Å². The van der Waals surface area contributed by atoms with E-state index in [9.17, 15) is 18.0 Å². The van der Waals surface area contributed by atoms with Crippen LogP contribution in [0.15, 0.2) is 18.2 Å². The third-order valence-corrected chi connectivity index (χ3v) is 1.90. The molecule has 0 fully saturated rings. The molecule has 0 saturated heterocycles. The Labute approximate surface area is 95.8 Å². The summed E-state index contributed by atoms with van der Waals surface area (Å²) in [5.74, 6) is -1.52. The van der Waals surface area contributed by atoms with Crippen molar-refractivity contribution >= 4 is 5.97 Å². The van der Waals surface area contributed by atoms with Crippen LogP contribution >= 0.6 is 0 Å². The zero-order valence-corrected chi connectivity index (χ0v) is 9.21. The summed E-state index contributed by atoms with van der Waals surface area (Å²) < 4.78 is 42.3. The molecule has 6 heteroatoms. The Morgan fingerprint density at radius 2 is 1.94 bits per heavy atom. The highest BCUT2D eigenvalue weighted by Gasteiger charge is 2.32. The molecule has 1 rings (SSSR count). The van der Waals surface area contributed by atoms with Crippen LogP contribution in [0.4, 0.5) is 13.2 Å². The zero-order chi connectivity index (χ0) is 13.2. The molecule has 0 aliphatic rings. The van der Waals surface area contributed by atoms with E-state index >= 15 is 0 Å². The van der Waals surface area contributed by atoms with E-state index in [4.69, 9.17) is 9.84 Å². The molecule has 0 saturated carbocycles. The maximum Gasteiger partial charge on any atom is 0.416 e. The molecule has 94 valence electrons. The molecule has 0 heterocycles. The van der Waals surface area contributed by atoms with Gasteiger partial charge in [0.05, 0.1) is 11.7 Å². The molecular formula is C11H11F3O3. The van der Waals surface area contributed by atoms with Crippen LogP contribution in [-0.2, 0) is 6.18 Å². The van der Waals surface area contributed by atoms with Gasteiger partial charge in [-0.15, -0.1) is 0 Å². The maximum absolute atomic E-state index is 12.4. The van der Waals surface area contributed by atoms with Gasteiger partial charge in [0, 0.05) is 0 Å². The normalized spacial score (nSPS) is 11.6. The van der Waals surface area contributed by atoms with Crippen molar-refractivity contribution in [2.45, 2.75) is 26.1 Å². The van der Waals surface area contributed by atoms with Crippen molar-refractivity contribution in [2.24, 2.45) is 0 Å². The number of alkyl halides is 3. The molecule has 0 aromatic heterocycles. The van der Waals surface area contributed by atoms with Crippen LogP contribution in [-0.4, -0.2) is 17.2 Å². The van der Waals surface area contributed by atoms with Crippen molar-refractivity contribution in [3.63, 3.8) is 0 Å². The summed E-state index contributed by atoms with van der Waals surface area (Å²) in [5, 5.41) is 8.82. The Morgan fingerprint density at radius 1 is 1.35 bits per heavy atom. The summed E-state index contributed by atoms with van der Waals surface area (Å²) in [6.45, 7) is 3.31. The maximum atomic E-state index is 12.4. The van der Waals surface area contributed by atoms with Gasteiger partial charge in [-0.25, -0.2) is 4.79 Å². The number of halogens is 3. The van der Waals surface area contributed by atoms with Gasteiger partial charge in [0.15, 0.2) is 0 Å². The van der Waals surface area contributed by atoms with Gasteiger partial charge in [-0.05, 0) is 32.0 Å². The van der Waals surface area contributed by atoms with Gasteiger partial charge in [-0.2, -0.15) is 13.2 Å². The Bertz CT molecular complexity index is 424. The number of ether oxygens (including phenoxy) is 1. The first-order valence-corrected chi connectivity index (χ1v) is 4.83. The Hall–Kier alpha value is -1.72. The first-order chi connectivity index (χ1) is 7.71. The number of hydrogen-bond donors (Lipinski definition) is 1. The fraction of sp³-hybridized carbons (Fsp3) is 0.364. The van der Waals surface area contributed by atoms with Crippen LogP contribution in [0.25, 0.3) is 0 Å². The van der Waals surface area contributed by atoms with E-state index in [1.165, 1.54) is 0 Å². The van der Waals surface area contributed by atoms with Crippen LogP contribution in [0.1, 0.15) is 29.8 Å². The van der Waals surface area contributed by atoms with Gasteiger partial charge < -0.3 is 9.84 Å². The topological polar surface area (TPSA) is 46.5 Å². The number of benzene rings is 1. The lowest BCUT2D eigenvalue weighted by molar-refractivity contribution is -0.137. The van der Waals surface area contributed by atoms with Crippen molar-refractivity contribution in [3.05, 3.63) is 29.3 Å². The lowest BCUT2D eigenvalue weighted by Crippen LogP contribution is -2.12. The second-order valence-corrected chi connectivity index (χ2v) is 3.68. The summed E-state index contributed by atoms with van der Waals surface area (Å²) in [5.41, 5.74) is -1.50. The third-order valence-electron chi connectivity index (χ3n) is 1.90. The quantitative estimate of drug-likeness (QED) is 0.893. The number of hydrogen-bond acceptors (Lipinski definition) is 2. The molecule has 0 aliphatic carbocycles. The number of rotatable bonds is 3. The molecule has 0 atom stereocenters. The Morgan fingerprint density at radius 3 is 2.35 bits per heavy atom. The molecule has 1 N–H and O–H groups in total. The summed E-state index contributed by atoms with van der Waals surface area (Å²) >= 11 is 0. The van der Waals surface area contributed by atoms with E-state index in [0.717, 1.165) is 12.1 Å². The predicted octanol–water partition coefficient (Wildman–Crippen LogP) is 3.19. The minimum atomic E-state index is -4.57. The van der Waals surface area contributed by atoms with E-state index in [1.54, 1.807) is 13.8 Å². The summed E-state index contributed by atoms with van der Waals surface area (Å²) in [4.78, 5) is 10.8. The van der Waals surface area contributed by atoms with Gasteiger partial charge in [0.25, 0.3) is 0 Å². The molecule has 0 aliphatic heterocycles. The number of carboxylic acids is 1. The van der Waals surface area contributed by atoms with E-state index in [2.05, 4.69) is 0 Å². The molecule has 0 unspecified atom stereocenters. The Balaban J connectivity index is 3.22.